The van der Waals surface area contributed by atoms with Crippen molar-refractivity contribution in [2.24, 2.45) is 0 Å². The Balaban J connectivity index is 2.09. The Labute approximate surface area is 89.3 Å². The molecule has 2 heterocycles. The zero-order valence-corrected chi connectivity index (χ0v) is 8.95. The molecule has 0 amide bonds. The van der Waals surface area contributed by atoms with E-state index in [0.29, 0.717) is 17.8 Å². The van der Waals surface area contributed by atoms with Crippen molar-refractivity contribution in [3.63, 3.8) is 0 Å². The van der Waals surface area contributed by atoms with Crippen LogP contribution in [0.5, 0.6) is 0 Å². The van der Waals surface area contributed by atoms with E-state index in [9.17, 15) is 0 Å². The first-order valence-electron chi connectivity index (χ1n) is 5.65. The van der Waals surface area contributed by atoms with Crippen LogP contribution in [-0.2, 0) is 6.42 Å². The minimum atomic E-state index is 0.316. The minimum absolute atomic E-state index is 0.316. The van der Waals surface area contributed by atoms with Gasteiger partial charge >= 0.3 is 0 Å². The number of nitrogens with zero attached hydrogens (tertiary/aromatic N) is 2. The lowest BCUT2D eigenvalue weighted by molar-refractivity contribution is 0.521. The number of nitrogen functional groups attached to an aromatic ring is 1. The number of fused-ring (bicyclic) bond motifs is 1. The highest BCUT2D eigenvalue weighted by Gasteiger charge is 2.29. The molecule has 0 bridgehead atoms. The van der Waals surface area contributed by atoms with Crippen molar-refractivity contribution in [1.29, 1.82) is 0 Å². The summed E-state index contributed by atoms with van der Waals surface area (Å²) in [6, 6.07) is 0.316. The van der Waals surface area contributed by atoms with E-state index in [1.165, 1.54) is 12.8 Å². The molecule has 3 rings (SSSR count). The van der Waals surface area contributed by atoms with Crippen molar-refractivity contribution >= 4 is 5.82 Å². The number of rotatable bonds is 1. The van der Waals surface area contributed by atoms with Crippen molar-refractivity contribution in [1.82, 2.24) is 15.3 Å². The fourth-order valence-corrected chi connectivity index (χ4v) is 2.19. The van der Waals surface area contributed by atoms with E-state index in [-0.39, 0.29) is 0 Å². The number of nitrogens with one attached hydrogen (secondary N) is 1. The molecule has 0 spiro atoms. The second kappa shape index (κ2) is 3.17. The lowest BCUT2D eigenvalue weighted by atomic mass is 10.0. The SMILES string of the molecule is CC1NCCc2c(N)nc(C3CC3)nc21. The van der Waals surface area contributed by atoms with E-state index in [1.807, 2.05) is 0 Å². The standard InChI is InChI=1S/C11H16N4/c1-6-9-8(4-5-13-6)10(12)15-11(14-9)7-2-3-7/h6-7,13H,2-5H2,1H3,(H2,12,14,15). The van der Waals surface area contributed by atoms with Gasteiger partial charge in [-0.25, -0.2) is 9.97 Å². The molecule has 0 radical (unpaired) electrons. The second-order valence-corrected chi connectivity index (χ2v) is 4.53. The average molecular weight is 204 g/mol. The van der Waals surface area contributed by atoms with Crippen molar-refractivity contribution in [2.45, 2.75) is 38.1 Å². The van der Waals surface area contributed by atoms with Gasteiger partial charge in [-0.15, -0.1) is 0 Å². The highest BCUT2D eigenvalue weighted by molar-refractivity contribution is 5.45. The highest BCUT2D eigenvalue weighted by atomic mass is 15.0. The number of nitrogens with two attached hydrogens (primary N) is 1. The van der Waals surface area contributed by atoms with E-state index in [1.54, 1.807) is 0 Å². The van der Waals surface area contributed by atoms with E-state index >= 15 is 0 Å². The summed E-state index contributed by atoms with van der Waals surface area (Å²) in [5, 5.41) is 3.41. The molecule has 1 atom stereocenters. The molecule has 4 heteroatoms. The normalized spacial score (nSPS) is 25.0. The third kappa shape index (κ3) is 1.49. The zero-order valence-electron chi connectivity index (χ0n) is 8.95. The summed E-state index contributed by atoms with van der Waals surface area (Å²) >= 11 is 0. The molecule has 80 valence electrons. The van der Waals surface area contributed by atoms with Crippen molar-refractivity contribution in [3.8, 4) is 0 Å². The minimum Gasteiger partial charge on any atom is -0.383 e. The van der Waals surface area contributed by atoms with Crippen LogP contribution in [0.1, 0.15) is 48.8 Å². The maximum Gasteiger partial charge on any atom is 0.134 e. The maximum absolute atomic E-state index is 5.99. The van der Waals surface area contributed by atoms with Gasteiger partial charge in [0, 0.05) is 17.5 Å². The Hall–Kier alpha value is -1.16. The molecule has 2 aliphatic rings. The van der Waals surface area contributed by atoms with Crippen LogP contribution >= 0.6 is 0 Å². The van der Waals surface area contributed by atoms with Gasteiger partial charge < -0.3 is 11.1 Å². The molecular weight excluding hydrogens is 188 g/mol. The highest BCUT2D eigenvalue weighted by Crippen LogP contribution is 2.39. The molecule has 4 nitrogen and oxygen atoms in total. The topological polar surface area (TPSA) is 63.8 Å². The second-order valence-electron chi connectivity index (χ2n) is 4.53. The van der Waals surface area contributed by atoms with Crippen molar-refractivity contribution in [2.75, 3.05) is 12.3 Å². The maximum atomic E-state index is 5.99. The smallest absolute Gasteiger partial charge is 0.134 e. The molecule has 1 aromatic rings. The van der Waals surface area contributed by atoms with Gasteiger partial charge in [0.05, 0.1) is 5.69 Å². The molecule has 1 aromatic heterocycles. The van der Waals surface area contributed by atoms with Crippen LogP contribution in [-0.4, -0.2) is 16.5 Å². The summed E-state index contributed by atoms with van der Waals surface area (Å²) < 4.78 is 0. The largest absolute Gasteiger partial charge is 0.383 e. The molecule has 1 unspecified atom stereocenters. The van der Waals surface area contributed by atoms with Crippen LogP contribution < -0.4 is 11.1 Å². The summed E-state index contributed by atoms with van der Waals surface area (Å²) in [5.74, 6) is 2.24. The van der Waals surface area contributed by atoms with Gasteiger partial charge in [0.1, 0.15) is 11.6 Å². The molecular formula is C11H16N4. The predicted molar refractivity (Wildman–Crippen MR) is 58.5 cm³/mol. The van der Waals surface area contributed by atoms with Crippen molar-refractivity contribution < 1.29 is 0 Å². The summed E-state index contributed by atoms with van der Waals surface area (Å²) in [5.41, 5.74) is 8.27. The van der Waals surface area contributed by atoms with Gasteiger partial charge in [0.25, 0.3) is 0 Å². The van der Waals surface area contributed by atoms with Gasteiger partial charge in [-0.3, -0.25) is 0 Å². The summed E-state index contributed by atoms with van der Waals surface area (Å²) in [6.07, 6.45) is 3.40. The quantitative estimate of drug-likeness (QED) is 0.720. The van der Waals surface area contributed by atoms with Crippen LogP contribution in [0.3, 0.4) is 0 Å². The van der Waals surface area contributed by atoms with E-state index in [4.69, 9.17) is 5.73 Å². The lowest BCUT2D eigenvalue weighted by Crippen LogP contribution is -2.30. The molecule has 3 N–H and O–H groups in total. The molecule has 0 saturated heterocycles. The summed E-state index contributed by atoms with van der Waals surface area (Å²) in [7, 11) is 0. The zero-order chi connectivity index (χ0) is 10.4. The molecule has 1 aliphatic carbocycles. The van der Waals surface area contributed by atoms with Crippen LogP contribution in [0.25, 0.3) is 0 Å². The van der Waals surface area contributed by atoms with Crippen LogP contribution in [0, 0.1) is 0 Å². The third-order valence-electron chi connectivity index (χ3n) is 3.27. The van der Waals surface area contributed by atoms with Crippen LogP contribution in [0.15, 0.2) is 0 Å². The Morgan fingerprint density at radius 3 is 2.87 bits per heavy atom. The Kier molecular flexibility index (Phi) is 1.92. The van der Waals surface area contributed by atoms with Gasteiger partial charge in [0.2, 0.25) is 0 Å². The molecule has 15 heavy (non-hydrogen) atoms. The lowest BCUT2D eigenvalue weighted by Gasteiger charge is -2.24. The molecule has 0 aromatic carbocycles. The number of aromatic nitrogens is 2. The van der Waals surface area contributed by atoms with Crippen LogP contribution in [0.2, 0.25) is 0 Å². The van der Waals surface area contributed by atoms with Gasteiger partial charge in [-0.1, -0.05) is 0 Å². The van der Waals surface area contributed by atoms with E-state index in [2.05, 4.69) is 22.2 Å². The Bertz CT molecular complexity index is 398. The van der Waals surface area contributed by atoms with E-state index < -0.39 is 0 Å². The third-order valence-corrected chi connectivity index (χ3v) is 3.27. The monoisotopic (exact) mass is 204 g/mol. The Morgan fingerprint density at radius 1 is 1.33 bits per heavy atom. The fraction of sp³-hybridized carbons (Fsp3) is 0.636. The molecule has 1 aliphatic heterocycles. The Morgan fingerprint density at radius 2 is 2.13 bits per heavy atom. The summed E-state index contributed by atoms with van der Waals surface area (Å²) in [6.45, 7) is 3.12. The molecule has 1 fully saturated rings. The van der Waals surface area contributed by atoms with Gasteiger partial charge in [-0.2, -0.15) is 0 Å². The average Bonchev–Trinajstić information content (AvgIpc) is 3.02. The van der Waals surface area contributed by atoms with E-state index in [0.717, 1.165) is 30.0 Å². The van der Waals surface area contributed by atoms with Gasteiger partial charge in [-0.05, 0) is 32.7 Å². The van der Waals surface area contributed by atoms with Gasteiger partial charge in [0.15, 0.2) is 0 Å². The first-order valence-corrected chi connectivity index (χ1v) is 5.65. The number of hydrogen-bond donors (Lipinski definition) is 2. The van der Waals surface area contributed by atoms with Crippen LogP contribution in [0.4, 0.5) is 5.82 Å². The predicted octanol–water partition coefficient (Wildman–Crippen LogP) is 1.14. The first kappa shape index (κ1) is 9.09. The van der Waals surface area contributed by atoms with Crippen molar-refractivity contribution in [3.05, 3.63) is 17.1 Å². The summed E-state index contributed by atoms with van der Waals surface area (Å²) in [4.78, 5) is 9.09. The fourth-order valence-electron chi connectivity index (χ4n) is 2.19. The number of hydrogen-bond acceptors (Lipinski definition) is 4. The number of anilines is 1. The first-order chi connectivity index (χ1) is 7.25. The molecule has 1 saturated carbocycles.